The second kappa shape index (κ2) is 6.90. The first-order valence-electron chi connectivity index (χ1n) is 5.53. The van der Waals surface area contributed by atoms with Crippen molar-refractivity contribution in [3.63, 3.8) is 0 Å². The van der Waals surface area contributed by atoms with Crippen molar-refractivity contribution in [1.82, 2.24) is 15.3 Å². The number of halogens is 1. The van der Waals surface area contributed by atoms with Gasteiger partial charge in [0, 0.05) is 6.04 Å². The van der Waals surface area contributed by atoms with Crippen molar-refractivity contribution in [2.75, 3.05) is 0 Å². The van der Waals surface area contributed by atoms with Gasteiger partial charge in [-0.15, -0.1) is 0 Å². The maximum absolute atomic E-state index is 11.8. The van der Waals surface area contributed by atoms with Crippen molar-refractivity contribution in [2.24, 2.45) is 0 Å². The van der Waals surface area contributed by atoms with Crippen molar-refractivity contribution >= 4 is 23.5 Å². The number of aromatic nitrogens is 2. The van der Waals surface area contributed by atoms with Gasteiger partial charge in [-0.25, -0.2) is 9.97 Å². The van der Waals surface area contributed by atoms with E-state index in [4.69, 9.17) is 16.7 Å². The molecule has 0 aliphatic heterocycles. The molecule has 1 atom stereocenters. The summed E-state index contributed by atoms with van der Waals surface area (Å²) in [6.07, 6.45) is 3.79. The van der Waals surface area contributed by atoms with Gasteiger partial charge in [0.1, 0.15) is 10.8 Å². The molecule has 1 unspecified atom stereocenters. The van der Waals surface area contributed by atoms with Crippen LogP contribution >= 0.6 is 11.6 Å². The van der Waals surface area contributed by atoms with E-state index in [9.17, 15) is 9.59 Å². The molecule has 98 valence electrons. The van der Waals surface area contributed by atoms with Gasteiger partial charge in [0.15, 0.2) is 0 Å². The fourth-order valence-electron chi connectivity index (χ4n) is 1.47. The molecule has 0 spiro atoms. The van der Waals surface area contributed by atoms with Crippen molar-refractivity contribution in [3.05, 3.63) is 23.2 Å². The number of hydrogen-bond donors (Lipinski definition) is 2. The van der Waals surface area contributed by atoms with Gasteiger partial charge in [-0.2, -0.15) is 0 Å². The fourth-order valence-corrected chi connectivity index (χ4v) is 1.57. The van der Waals surface area contributed by atoms with Crippen LogP contribution in [0.5, 0.6) is 0 Å². The Kier molecular flexibility index (Phi) is 5.51. The van der Waals surface area contributed by atoms with Crippen LogP contribution in [0.15, 0.2) is 12.4 Å². The quantitative estimate of drug-likeness (QED) is 0.818. The highest BCUT2D eigenvalue weighted by Crippen LogP contribution is 2.05. The Morgan fingerprint density at radius 2 is 2.17 bits per heavy atom. The summed E-state index contributed by atoms with van der Waals surface area (Å²) in [5.74, 6) is -1.39. The van der Waals surface area contributed by atoms with E-state index in [-0.39, 0.29) is 17.3 Å². The number of rotatable bonds is 6. The van der Waals surface area contributed by atoms with E-state index in [2.05, 4.69) is 15.3 Å². The highest BCUT2D eigenvalue weighted by atomic mass is 35.5. The van der Waals surface area contributed by atoms with E-state index < -0.39 is 17.9 Å². The van der Waals surface area contributed by atoms with Crippen LogP contribution in [0.2, 0.25) is 5.15 Å². The fraction of sp³-hybridized carbons (Fsp3) is 0.455. The summed E-state index contributed by atoms with van der Waals surface area (Å²) in [4.78, 5) is 30.0. The molecule has 1 aromatic rings. The molecule has 1 heterocycles. The Bertz CT molecular complexity index is 422. The number of aliphatic carboxylic acids is 1. The molecule has 1 aromatic heterocycles. The van der Waals surface area contributed by atoms with Crippen LogP contribution in [0.1, 0.15) is 36.7 Å². The average molecular weight is 272 g/mol. The van der Waals surface area contributed by atoms with Crippen LogP contribution in [0.4, 0.5) is 0 Å². The minimum absolute atomic E-state index is 0.111. The third-order valence-electron chi connectivity index (χ3n) is 2.25. The largest absolute Gasteiger partial charge is 0.481 e. The number of hydrogen-bond acceptors (Lipinski definition) is 4. The van der Waals surface area contributed by atoms with E-state index in [0.717, 1.165) is 6.42 Å². The first kappa shape index (κ1) is 14.4. The molecular formula is C11H14ClN3O3. The second-order valence-corrected chi connectivity index (χ2v) is 4.17. The normalized spacial score (nSPS) is 11.9. The second-order valence-electron chi connectivity index (χ2n) is 3.78. The summed E-state index contributed by atoms with van der Waals surface area (Å²) in [7, 11) is 0. The number of nitrogens with zero attached hydrogens (tertiary/aromatic N) is 2. The van der Waals surface area contributed by atoms with Gasteiger partial charge in [-0.3, -0.25) is 9.59 Å². The molecule has 2 N–H and O–H groups in total. The Labute approximate surface area is 109 Å². The average Bonchev–Trinajstić information content (AvgIpc) is 2.29. The highest BCUT2D eigenvalue weighted by molar-refractivity contribution is 6.29. The first-order chi connectivity index (χ1) is 8.52. The van der Waals surface area contributed by atoms with Crippen LogP contribution in [-0.2, 0) is 4.79 Å². The summed E-state index contributed by atoms with van der Waals surface area (Å²) in [5, 5.41) is 11.5. The van der Waals surface area contributed by atoms with Crippen LogP contribution in [0.25, 0.3) is 0 Å². The molecule has 0 saturated carbocycles. The number of carboxylic acid groups (broad SMARTS) is 1. The molecule has 0 aliphatic rings. The maximum Gasteiger partial charge on any atom is 0.305 e. The zero-order valence-corrected chi connectivity index (χ0v) is 10.6. The Balaban J connectivity index is 2.65. The Hall–Kier alpha value is -1.69. The molecule has 18 heavy (non-hydrogen) atoms. The van der Waals surface area contributed by atoms with Crippen LogP contribution in [0, 0.1) is 0 Å². The van der Waals surface area contributed by atoms with Crippen LogP contribution in [0.3, 0.4) is 0 Å². The van der Waals surface area contributed by atoms with Gasteiger partial charge in [-0.1, -0.05) is 24.9 Å². The molecule has 1 rings (SSSR count). The van der Waals surface area contributed by atoms with Crippen LogP contribution < -0.4 is 5.32 Å². The molecule has 7 heteroatoms. The number of carbonyl (C=O) groups excluding carboxylic acids is 1. The number of carboxylic acids is 1. The summed E-state index contributed by atoms with van der Waals surface area (Å²) in [5.41, 5.74) is 0.117. The van der Waals surface area contributed by atoms with Gasteiger partial charge in [0.05, 0.1) is 18.8 Å². The molecule has 0 aromatic carbocycles. The van der Waals surface area contributed by atoms with Gasteiger partial charge in [-0.05, 0) is 6.42 Å². The lowest BCUT2D eigenvalue weighted by molar-refractivity contribution is -0.137. The van der Waals surface area contributed by atoms with Gasteiger partial charge < -0.3 is 10.4 Å². The molecular weight excluding hydrogens is 258 g/mol. The smallest absolute Gasteiger partial charge is 0.305 e. The van der Waals surface area contributed by atoms with Crippen molar-refractivity contribution < 1.29 is 14.7 Å². The molecule has 0 saturated heterocycles. The third kappa shape index (κ3) is 4.67. The zero-order valence-electron chi connectivity index (χ0n) is 9.89. The first-order valence-corrected chi connectivity index (χ1v) is 5.91. The van der Waals surface area contributed by atoms with E-state index in [1.165, 1.54) is 12.4 Å². The predicted molar refractivity (Wildman–Crippen MR) is 65.5 cm³/mol. The van der Waals surface area contributed by atoms with Crippen molar-refractivity contribution in [3.8, 4) is 0 Å². The Morgan fingerprint density at radius 3 is 2.67 bits per heavy atom. The van der Waals surface area contributed by atoms with Crippen LogP contribution in [-0.4, -0.2) is 33.0 Å². The Morgan fingerprint density at radius 1 is 1.44 bits per heavy atom. The van der Waals surface area contributed by atoms with Crippen molar-refractivity contribution in [1.29, 1.82) is 0 Å². The number of nitrogens with one attached hydrogen (secondary N) is 1. The molecule has 1 amide bonds. The molecule has 0 bridgehead atoms. The minimum Gasteiger partial charge on any atom is -0.481 e. The minimum atomic E-state index is -0.948. The zero-order chi connectivity index (χ0) is 13.5. The molecule has 0 aliphatic carbocycles. The highest BCUT2D eigenvalue weighted by Gasteiger charge is 2.17. The van der Waals surface area contributed by atoms with E-state index in [0.29, 0.717) is 6.42 Å². The monoisotopic (exact) mass is 271 g/mol. The van der Waals surface area contributed by atoms with E-state index in [1.54, 1.807) is 0 Å². The number of carbonyl (C=O) groups is 2. The van der Waals surface area contributed by atoms with Gasteiger partial charge in [0.2, 0.25) is 0 Å². The summed E-state index contributed by atoms with van der Waals surface area (Å²) >= 11 is 5.56. The SMILES string of the molecule is CCCC(CC(=O)O)NC(=O)c1cnc(Cl)cn1. The molecule has 0 radical (unpaired) electrons. The molecule has 6 nitrogen and oxygen atoms in total. The van der Waals surface area contributed by atoms with Gasteiger partial charge >= 0.3 is 5.97 Å². The summed E-state index contributed by atoms with van der Waals surface area (Å²) < 4.78 is 0. The lowest BCUT2D eigenvalue weighted by Crippen LogP contribution is -2.36. The summed E-state index contributed by atoms with van der Waals surface area (Å²) in [6, 6.07) is -0.405. The van der Waals surface area contributed by atoms with Gasteiger partial charge in [0.25, 0.3) is 5.91 Å². The van der Waals surface area contributed by atoms with E-state index in [1.807, 2.05) is 6.92 Å². The molecule has 0 fully saturated rings. The lowest BCUT2D eigenvalue weighted by Gasteiger charge is -2.15. The maximum atomic E-state index is 11.8. The van der Waals surface area contributed by atoms with E-state index >= 15 is 0 Å². The predicted octanol–water partition coefficient (Wildman–Crippen LogP) is 1.50. The number of amides is 1. The topological polar surface area (TPSA) is 92.2 Å². The van der Waals surface area contributed by atoms with Crippen molar-refractivity contribution in [2.45, 2.75) is 32.2 Å². The third-order valence-corrected chi connectivity index (χ3v) is 2.44. The standard InChI is InChI=1S/C11H14ClN3O3/c1-2-3-7(4-10(16)17)15-11(18)8-5-14-9(12)6-13-8/h5-7H,2-4H2,1H3,(H,15,18)(H,16,17). The lowest BCUT2D eigenvalue weighted by atomic mass is 10.1. The summed E-state index contributed by atoms with van der Waals surface area (Å²) in [6.45, 7) is 1.92.